The predicted molar refractivity (Wildman–Crippen MR) is 321 cm³/mol. The molecule has 12 aromatic carbocycles. The second-order valence-corrected chi connectivity index (χ2v) is 21.9. The Balaban J connectivity index is 0.924. The van der Waals surface area contributed by atoms with Crippen LogP contribution in [-0.4, -0.2) is 0 Å². The van der Waals surface area contributed by atoms with Crippen LogP contribution in [0.2, 0.25) is 0 Å². The molecule has 0 amide bonds. The van der Waals surface area contributed by atoms with Crippen molar-refractivity contribution in [3.8, 4) is 0 Å². The van der Waals surface area contributed by atoms with Gasteiger partial charge in [-0.1, -0.05) is 184 Å². The summed E-state index contributed by atoms with van der Waals surface area (Å²) < 4.78 is 14.8. The maximum absolute atomic E-state index is 7.40. The van der Waals surface area contributed by atoms with Crippen molar-refractivity contribution in [3.05, 3.63) is 217 Å². The minimum absolute atomic E-state index is 0.487. The first-order valence-electron chi connectivity index (χ1n) is 27.9. The number of hydrogen-bond acceptors (Lipinski definition) is 4. The summed E-state index contributed by atoms with van der Waals surface area (Å²) >= 11 is 0. The monoisotopic (exact) mass is 980 g/mol. The number of rotatable bonds is 8. The standard InChI is InChI=1S/C72H56N2O2/c1-5-19-45(20-6-1)59-43-49-23-13-15-29-53(49)67-57-31-17-33-63(69(57)75-71(59)67)73(51-25-9-3-10-26-51)61-41-37-47-36-40-56-62(42-38-48-35-39-55(61)65(47)66(48)56)74(52-27-11-4-12-28-52)64-34-18-32-58-68-54-30-16-14-24-50(54)44-60(72(68)76-70(58)64)46-21-7-2-8-22-46/h3-4,9-18,23-46H,1-2,5-8,19-22H2. The lowest BCUT2D eigenvalue weighted by molar-refractivity contribution is 0.442. The first-order chi connectivity index (χ1) is 37.7. The minimum Gasteiger partial charge on any atom is -0.454 e. The normalized spacial score (nSPS) is 15.0. The molecule has 4 nitrogen and oxygen atoms in total. The van der Waals surface area contributed by atoms with Crippen LogP contribution in [0.3, 0.4) is 0 Å². The molecule has 76 heavy (non-hydrogen) atoms. The number of para-hydroxylation sites is 4. The molecule has 0 radical (unpaired) electrons. The fourth-order valence-electron chi connectivity index (χ4n) is 14.2. The molecule has 0 saturated heterocycles. The lowest BCUT2D eigenvalue weighted by Crippen LogP contribution is -2.11. The van der Waals surface area contributed by atoms with Gasteiger partial charge in [0.2, 0.25) is 0 Å². The number of fused-ring (bicyclic) bond motifs is 10. The molecular weight excluding hydrogens is 925 g/mol. The van der Waals surface area contributed by atoms with Gasteiger partial charge < -0.3 is 18.6 Å². The highest BCUT2D eigenvalue weighted by Crippen LogP contribution is 2.53. The molecule has 16 rings (SSSR count). The quantitative estimate of drug-likeness (QED) is 0.142. The van der Waals surface area contributed by atoms with Gasteiger partial charge in [-0.05, 0) is 152 Å². The van der Waals surface area contributed by atoms with E-state index in [1.165, 1.54) is 140 Å². The van der Waals surface area contributed by atoms with Crippen LogP contribution in [0, 0.1) is 0 Å². The number of hydrogen-bond donors (Lipinski definition) is 0. The molecule has 2 fully saturated rings. The van der Waals surface area contributed by atoms with E-state index in [1.807, 2.05) is 0 Å². The summed E-state index contributed by atoms with van der Waals surface area (Å²) in [6.45, 7) is 0. The molecule has 0 aliphatic heterocycles. The molecule has 2 heterocycles. The first-order valence-corrected chi connectivity index (χ1v) is 27.9. The average molecular weight is 981 g/mol. The van der Waals surface area contributed by atoms with Crippen LogP contribution in [0.25, 0.3) is 97.7 Å². The van der Waals surface area contributed by atoms with Crippen molar-refractivity contribution in [2.75, 3.05) is 9.80 Å². The molecule has 14 aromatic rings. The van der Waals surface area contributed by atoms with E-state index < -0.39 is 0 Å². The van der Waals surface area contributed by atoms with Gasteiger partial charge in [0.05, 0.1) is 22.7 Å². The number of furan rings is 2. The Morgan fingerprint density at radius 1 is 0.276 bits per heavy atom. The van der Waals surface area contributed by atoms with E-state index in [9.17, 15) is 0 Å². The predicted octanol–water partition coefficient (Wildman–Crippen LogP) is 21.7. The Morgan fingerprint density at radius 2 is 0.671 bits per heavy atom. The summed E-state index contributed by atoms with van der Waals surface area (Å²) in [5.74, 6) is 0.975. The van der Waals surface area contributed by atoms with Crippen molar-refractivity contribution in [2.45, 2.75) is 76.0 Å². The minimum atomic E-state index is 0.487. The van der Waals surface area contributed by atoms with E-state index in [-0.39, 0.29) is 0 Å². The summed E-state index contributed by atoms with van der Waals surface area (Å²) in [5, 5.41) is 17.1. The Bertz CT molecular complexity index is 4260. The number of nitrogens with zero attached hydrogens (tertiary/aromatic N) is 2. The zero-order valence-corrected chi connectivity index (χ0v) is 42.6. The molecule has 0 N–H and O–H groups in total. The van der Waals surface area contributed by atoms with Crippen LogP contribution in [0.4, 0.5) is 34.1 Å². The molecule has 2 aliphatic carbocycles. The van der Waals surface area contributed by atoms with Gasteiger partial charge in [-0.15, -0.1) is 0 Å². The Morgan fingerprint density at radius 3 is 1.12 bits per heavy atom. The van der Waals surface area contributed by atoms with Gasteiger partial charge in [-0.2, -0.15) is 0 Å². The van der Waals surface area contributed by atoms with Crippen molar-refractivity contribution in [2.24, 2.45) is 0 Å². The molecule has 0 spiro atoms. The molecule has 2 aliphatic rings. The summed E-state index contributed by atoms with van der Waals surface area (Å²) in [6, 6.07) is 76.6. The zero-order valence-electron chi connectivity index (χ0n) is 42.6. The van der Waals surface area contributed by atoms with Crippen LogP contribution in [0.15, 0.2) is 215 Å². The molecule has 0 unspecified atom stereocenters. The molecule has 0 bridgehead atoms. The molecule has 2 aromatic heterocycles. The van der Waals surface area contributed by atoms with Crippen molar-refractivity contribution in [1.82, 2.24) is 0 Å². The zero-order chi connectivity index (χ0) is 49.8. The van der Waals surface area contributed by atoms with Gasteiger partial charge in [0.1, 0.15) is 11.2 Å². The molecule has 366 valence electrons. The van der Waals surface area contributed by atoms with E-state index >= 15 is 0 Å². The van der Waals surface area contributed by atoms with Gasteiger partial charge in [-0.25, -0.2) is 0 Å². The first kappa shape index (κ1) is 43.8. The van der Waals surface area contributed by atoms with Crippen LogP contribution in [0.1, 0.15) is 87.2 Å². The van der Waals surface area contributed by atoms with E-state index in [1.54, 1.807) is 0 Å². The van der Waals surface area contributed by atoms with Crippen molar-refractivity contribution in [1.29, 1.82) is 0 Å². The van der Waals surface area contributed by atoms with Gasteiger partial charge in [0.25, 0.3) is 0 Å². The van der Waals surface area contributed by atoms with Gasteiger partial charge in [0.15, 0.2) is 11.2 Å². The van der Waals surface area contributed by atoms with Gasteiger partial charge >= 0.3 is 0 Å². The largest absolute Gasteiger partial charge is 0.454 e. The Hall–Kier alpha value is -8.60. The molecular formula is C72H56N2O2. The third kappa shape index (κ3) is 6.69. The van der Waals surface area contributed by atoms with Crippen molar-refractivity contribution < 1.29 is 8.83 Å². The summed E-state index contributed by atoms with van der Waals surface area (Å²) in [6.07, 6.45) is 12.5. The number of benzene rings is 12. The second-order valence-electron chi connectivity index (χ2n) is 21.9. The lowest BCUT2D eigenvalue weighted by Gasteiger charge is -2.29. The van der Waals surface area contributed by atoms with E-state index in [2.05, 4.69) is 216 Å². The average Bonchev–Trinajstić information content (AvgIpc) is 4.13. The fourth-order valence-corrected chi connectivity index (χ4v) is 14.2. The van der Waals surface area contributed by atoms with Gasteiger partial charge in [0, 0.05) is 43.7 Å². The summed E-state index contributed by atoms with van der Waals surface area (Å²) in [5.41, 5.74) is 13.1. The Kier molecular flexibility index (Phi) is 10.1. The third-order valence-electron chi connectivity index (χ3n) is 17.7. The van der Waals surface area contributed by atoms with Crippen LogP contribution in [0.5, 0.6) is 0 Å². The third-order valence-corrected chi connectivity index (χ3v) is 17.7. The Labute approximate surface area is 441 Å². The topological polar surface area (TPSA) is 32.8 Å². The van der Waals surface area contributed by atoms with Gasteiger partial charge in [-0.3, -0.25) is 0 Å². The highest BCUT2D eigenvalue weighted by molar-refractivity contribution is 6.29. The van der Waals surface area contributed by atoms with Crippen LogP contribution in [-0.2, 0) is 0 Å². The maximum Gasteiger partial charge on any atom is 0.159 e. The van der Waals surface area contributed by atoms with Crippen molar-refractivity contribution >= 4 is 132 Å². The molecule has 4 heteroatoms. The fraction of sp³-hybridized carbons (Fsp3) is 0.167. The SMILES string of the molecule is c1ccc(N(c2ccc3ccc4c(N(c5ccccc5)c5cccc6c5oc5c(C7CCCCC7)cc7ccccc7c56)ccc5ccc2c3c54)c2cccc3c2oc2c(C4CCCCC4)cc4ccccc4c23)cc1. The summed E-state index contributed by atoms with van der Waals surface area (Å²) in [4.78, 5) is 4.90. The smallest absolute Gasteiger partial charge is 0.159 e. The highest BCUT2D eigenvalue weighted by Gasteiger charge is 2.29. The summed E-state index contributed by atoms with van der Waals surface area (Å²) in [7, 11) is 0. The lowest BCUT2D eigenvalue weighted by atomic mass is 9.82. The number of anilines is 6. The maximum atomic E-state index is 7.40. The van der Waals surface area contributed by atoms with E-state index in [4.69, 9.17) is 8.83 Å². The van der Waals surface area contributed by atoms with E-state index in [0.717, 1.165) is 67.2 Å². The molecule has 2 saturated carbocycles. The highest BCUT2D eigenvalue weighted by atomic mass is 16.3. The van der Waals surface area contributed by atoms with Crippen LogP contribution >= 0.6 is 0 Å². The second kappa shape index (κ2) is 17.5. The molecule has 0 atom stereocenters. The van der Waals surface area contributed by atoms with Crippen molar-refractivity contribution in [3.63, 3.8) is 0 Å². The van der Waals surface area contributed by atoms with E-state index in [0.29, 0.717) is 11.8 Å². The van der Waals surface area contributed by atoms with Crippen LogP contribution < -0.4 is 9.80 Å².